The number of likely N-dealkylation sites (N-methyl/N-ethyl adjacent to an activating group) is 1. The van der Waals surface area contributed by atoms with Crippen LogP contribution in [0.25, 0.3) is 0 Å². The van der Waals surface area contributed by atoms with Crippen molar-refractivity contribution in [2.75, 3.05) is 32.1 Å². The Morgan fingerprint density at radius 3 is 2.32 bits per heavy atom. The second-order valence-corrected chi connectivity index (χ2v) is 8.84. The fraction of sp³-hybridized carbons (Fsp3) is 0.308. The van der Waals surface area contributed by atoms with Gasteiger partial charge in [0.25, 0.3) is 5.91 Å². The van der Waals surface area contributed by atoms with E-state index < -0.39 is 11.6 Å². The normalized spacial score (nSPS) is 20.0. The summed E-state index contributed by atoms with van der Waals surface area (Å²) < 4.78 is 6.18. The van der Waals surface area contributed by atoms with E-state index in [0.29, 0.717) is 21.4 Å². The molecule has 3 aromatic rings. The predicted octanol–water partition coefficient (Wildman–Crippen LogP) is 2.50. The van der Waals surface area contributed by atoms with Gasteiger partial charge in [-0.3, -0.25) is 9.78 Å². The number of aromatic nitrogens is 2. The number of anilines is 1. The number of aliphatic hydroxyl groups is 1. The number of hydrogen-bond donors (Lipinski definition) is 2. The quantitative estimate of drug-likeness (QED) is 0.395. The molecule has 2 atom stereocenters. The van der Waals surface area contributed by atoms with Crippen LogP contribution in [-0.4, -0.2) is 64.2 Å². The van der Waals surface area contributed by atoms with Crippen molar-refractivity contribution in [1.82, 2.24) is 9.97 Å². The molecule has 1 aliphatic heterocycles. The summed E-state index contributed by atoms with van der Waals surface area (Å²) >= 11 is 0. The average Bonchev–Trinajstić information content (AvgIpc) is 3.23. The number of amides is 1. The van der Waals surface area contributed by atoms with Crippen LogP contribution in [-0.2, 0) is 19.9 Å². The van der Waals surface area contributed by atoms with Gasteiger partial charge in [-0.05, 0) is 11.1 Å². The maximum atomic E-state index is 13.3. The summed E-state index contributed by atoms with van der Waals surface area (Å²) in [6.45, 7) is 1.12. The largest absolute Gasteiger partial charge is 0.457 e. The van der Waals surface area contributed by atoms with Gasteiger partial charge in [0.15, 0.2) is 12.4 Å². The Labute approximate surface area is 198 Å². The van der Waals surface area contributed by atoms with Crippen molar-refractivity contribution in [1.29, 1.82) is 0 Å². The first-order valence-electron chi connectivity index (χ1n) is 11.3. The summed E-state index contributed by atoms with van der Waals surface area (Å²) in [6.07, 6.45) is 6.29. The number of likely N-dealkylation sites (tertiary alicyclic amines) is 1. The SMILES string of the molecule is C[N+]1(CC(=O)Nc2cnccn2)CCC[C@@H]1COC(=O)C(O)(c1ccccc1)c1ccccc1. The van der Waals surface area contributed by atoms with Crippen LogP contribution in [0.2, 0.25) is 0 Å². The van der Waals surface area contributed by atoms with Gasteiger partial charge in [-0.2, -0.15) is 0 Å². The molecule has 1 saturated heterocycles. The topological polar surface area (TPSA) is 101 Å². The molecule has 0 bridgehead atoms. The van der Waals surface area contributed by atoms with Crippen LogP contribution in [0.1, 0.15) is 24.0 Å². The fourth-order valence-electron chi connectivity index (χ4n) is 4.57. The Morgan fingerprint density at radius 1 is 1.09 bits per heavy atom. The molecular formula is C26H29N4O4+. The van der Waals surface area contributed by atoms with Crippen molar-refractivity contribution >= 4 is 17.7 Å². The molecule has 4 rings (SSSR count). The van der Waals surface area contributed by atoms with Crippen molar-refractivity contribution in [2.45, 2.75) is 24.5 Å². The van der Waals surface area contributed by atoms with E-state index in [1.54, 1.807) is 54.7 Å². The molecule has 0 saturated carbocycles. The second-order valence-electron chi connectivity index (χ2n) is 8.84. The number of carbonyl (C=O) groups excluding carboxylic acids is 2. The highest BCUT2D eigenvalue weighted by Crippen LogP contribution is 2.32. The Hall–Kier alpha value is -3.62. The van der Waals surface area contributed by atoms with Gasteiger partial charge in [-0.25, -0.2) is 9.78 Å². The number of rotatable bonds is 8. The third kappa shape index (κ3) is 4.98. The van der Waals surface area contributed by atoms with Gasteiger partial charge in [0, 0.05) is 25.2 Å². The summed E-state index contributed by atoms with van der Waals surface area (Å²) in [4.78, 5) is 34.0. The molecule has 2 N–H and O–H groups in total. The van der Waals surface area contributed by atoms with Crippen molar-refractivity contribution in [2.24, 2.45) is 0 Å². The number of ether oxygens (including phenoxy) is 1. The molecule has 2 aromatic carbocycles. The van der Waals surface area contributed by atoms with Crippen LogP contribution >= 0.6 is 0 Å². The van der Waals surface area contributed by atoms with Crippen LogP contribution in [0.4, 0.5) is 5.82 Å². The van der Waals surface area contributed by atoms with Crippen LogP contribution in [0.15, 0.2) is 79.3 Å². The zero-order chi connectivity index (χ0) is 24.0. The van der Waals surface area contributed by atoms with E-state index in [-0.39, 0.29) is 25.1 Å². The van der Waals surface area contributed by atoms with Gasteiger partial charge in [0.05, 0.1) is 19.8 Å². The summed E-state index contributed by atoms with van der Waals surface area (Å²) in [7, 11) is 1.99. The third-order valence-electron chi connectivity index (χ3n) is 6.51. The minimum Gasteiger partial charge on any atom is -0.457 e. The molecule has 34 heavy (non-hydrogen) atoms. The van der Waals surface area contributed by atoms with Gasteiger partial charge in [0.2, 0.25) is 5.60 Å². The first-order valence-corrected chi connectivity index (χ1v) is 11.3. The highest BCUT2D eigenvalue weighted by molar-refractivity contribution is 5.90. The lowest BCUT2D eigenvalue weighted by atomic mass is 9.86. The molecule has 0 spiro atoms. The molecule has 1 aromatic heterocycles. The predicted molar refractivity (Wildman–Crippen MR) is 126 cm³/mol. The maximum Gasteiger partial charge on any atom is 0.347 e. The molecule has 176 valence electrons. The summed E-state index contributed by atoms with van der Waals surface area (Å²) in [6, 6.07) is 17.5. The number of hydrogen-bond acceptors (Lipinski definition) is 6. The molecule has 8 nitrogen and oxygen atoms in total. The first-order chi connectivity index (χ1) is 16.4. The molecule has 1 aliphatic rings. The molecule has 1 unspecified atom stereocenters. The highest BCUT2D eigenvalue weighted by atomic mass is 16.6. The zero-order valence-electron chi connectivity index (χ0n) is 19.1. The summed E-state index contributed by atoms with van der Waals surface area (Å²) in [5.74, 6) is -0.504. The number of quaternary nitrogens is 1. The van der Waals surface area contributed by atoms with Gasteiger partial charge in [-0.1, -0.05) is 60.7 Å². The van der Waals surface area contributed by atoms with Gasteiger partial charge in [-0.15, -0.1) is 0 Å². The van der Waals surface area contributed by atoms with Crippen molar-refractivity contribution in [3.63, 3.8) is 0 Å². The highest BCUT2D eigenvalue weighted by Gasteiger charge is 2.45. The summed E-state index contributed by atoms with van der Waals surface area (Å²) in [5, 5.41) is 14.4. The van der Waals surface area contributed by atoms with Crippen LogP contribution in [0.5, 0.6) is 0 Å². The minimum atomic E-state index is -1.92. The summed E-state index contributed by atoms with van der Waals surface area (Å²) in [5.41, 5.74) is -1.04. The average molecular weight is 462 g/mol. The van der Waals surface area contributed by atoms with Crippen molar-refractivity contribution in [3.8, 4) is 0 Å². The van der Waals surface area contributed by atoms with Crippen LogP contribution in [0.3, 0.4) is 0 Å². The van der Waals surface area contributed by atoms with E-state index in [9.17, 15) is 14.7 Å². The van der Waals surface area contributed by atoms with Gasteiger partial charge >= 0.3 is 5.97 Å². The molecular weight excluding hydrogens is 432 g/mol. The molecule has 0 aliphatic carbocycles. The van der Waals surface area contributed by atoms with Crippen molar-refractivity contribution in [3.05, 3.63) is 90.4 Å². The smallest absolute Gasteiger partial charge is 0.347 e. The second kappa shape index (κ2) is 10.1. The number of nitrogens with zero attached hydrogens (tertiary/aromatic N) is 3. The van der Waals surface area contributed by atoms with E-state index in [0.717, 1.165) is 19.4 Å². The van der Waals surface area contributed by atoms with Crippen molar-refractivity contribution < 1.29 is 23.9 Å². The monoisotopic (exact) mass is 461 g/mol. The third-order valence-corrected chi connectivity index (χ3v) is 6.51. The Bertz CT molecular complexity index is 1070. The van der Waals surface area contributed by atoms with E-state index in [2.05, 4.69) is 15.3 Å². The fourth-order valence-corrected chi connectivity index (χ4v) is 4.57. The molecule has 1 fully saturated rings. The Kier molecular flexibility index (Phi) is 7.00. The van der Waals surface area contributed by atoms with Gasteiger partial charge in [0.1, 0.15) is 12.6 Å². The van der Waals surface area contributed by atoms with Gasteiger partial charge < -0.3 is 19.6 Å². The standard InChI is InChI=1S/C26H28N4O4/c1-30(18-24(31)29-23-17-27-14-15-28-23)16-8-13-22(30)19-34-25(32)26(33,20-9-4-2-5-10-20)21-11-6-3-7-12-21/h2-7,9-12,14-15,17,22,33H,8,13,16,18-19H2,1H3/p+1/t22-,30?/m1/s1. The molecule has 2 heterocycles. The molecule has 1 amide bonds. The lowest BCUT2D eigenvalue weighted by Crippen LogP contribution is -2.54. The minimum absolute atomic E-state index is 0.0626. The Balaban J connectivity index is 1.46. The lowest BCUT2D eigenvalue weighted by molar-refractivity contribution is -0.913. The van der Waals surface area contributed by atoms with E-state index in [1.165, 1.54) is 12.4 Å². The van der Waals surface area contributed by atoms with Crippen LogP contribution < -0.4 is 5.32 Å². The van der Waals surface area contributed by atoms with E-state index in [4.69, 9.17) is 4.74 Å². The van der Waals surface area contributed by atoms with E-state index >= 15 is 0 Å². The van der Waals surface area contributed by atoms with E-state index in [1.807, 2.05) is 19.2 Å². The number of nitrogens with one attached hydrogen (secondary N) is 1. The lowest BCUT2D eigenvalue weighted by Gasteiger charge is -2.36. The molecule has 8 heteroatoms. The number of benzene rings is 2. The maximum absolute atomic E-state index is 13.3. The number of carbonyl (C=O) groups is 2. The van der Waals surface area contributed by atoms with Crippen LogP contribution in [0, 0.1) is 0 Å². The molecule has 0 radical (unpaired) electrons. The zero-order valence-corrected chi connectivity index (χ0v) is 19.1. The number of esters is 1. The Morgan fingerprint density at radius 2 is 1.74 bits per heavy atom. The first kappa shape index (κ1) is 23.5.